The molecule has 0 saturated heterocycles. The van der Waals surface area contributed by atoms with Crippen molar-refractivity contribution in [2.45, 2.75) is 46.5 Å². The molecule has 29 heavy (non-hydrogen) atoms. The summed E-state index contributed by atoms with van der Waals surface area (Å²) in [5.41, 5.74) is 12.3. The van der Waals surface area contributed by atoms with Crippen LogP contribution in [0.25, 0.3) is 16.7 Å². The van der Waals surface area contributed by atoms with Crippen molar-refractivity contribution in [2.75, 3.05) is 11.9 Å². The molecule has 3 heterocycles. The second-order valence-electron chi connectivity index (χ2n) is 8.38. The first kappa shape index (κ1) is 18.0. The Morgan fingerprint density at radius 1 is 1.07 bits per heavy atom. The lowest BCUT2D eigenvalue weighted by molar-refractivity contribution is -0.112. The van der Waals surface area contributed by atoms with E-state index in [0.717, 1.165) is 70.6 Å². The quantitative estimate of drug-likeness (QED) is 0.744. The van der Waals surface area contributed by atoms with Crippen molar-refractivity contribution >= 4 is 22.8 Å². The summed E-state index contributed by atoms with van der Waals surface area (Å²) < 4.78 is 0. The van der Waals surface area contributed by atoms with Gasteiger partial charge < -0.3 is 5.32 Å². The third kappa shape index (κ3) is 3.03. The van der Waals surface area contributed by atoms with Crippen LogP contribution in [0.3, 0.4) is 0 Å². The highest BCUT2D eigenvalue weighted by molar-refractivity contribution is 6.26. The van der Waals surface area contributed by atoms with Crippen LogP contribution in [0.1, 0.15) is 47.7 Å². The topological polar surface area (TPSA) is 54.4 Å². The normalized spacial score (nSPS) is 19.0. The van der Waals surface area contributed by atoms with E-state index in [4.69, 9.17) is 4.98 Å². The minimum Gasteiger partial charge on any atom is -0.383 e. The minimum atomic E-state index is 0.198. The zero-order valence-electron chi connectivity index (χ0n) is 17.2. The standard InChI is InChI=1S/C25H25N3O/c1-14-7-18-10-24(29)21(9-17-8-15(2)27-12-17)20(18)11-19(14)22-13-28-23-5-4-6-26-25(23)16(22)3/h7,9,11-13,26H,4-6,8,10H2,1-3H3/b21-9-. The molecule has 3 aliphatic rings. The van der Waals surface area contributed by atoms with Gasteiger partial charge in [-0.05, 0) is 79.1 Å². The number of Topliss-reactive ketones (excluding diaryl/α,β-unsaturated/α-hetero) is 1. The molecule has 146 valence electrons. The second kappa shape index (κ2) is 6.80. The fourth-order valence-electron chi connectivity index (χ4n) is 4.70. The number of rotatable bonds is 2. The van der Waals surface area contributed by atoms with Crippen molar-refractivity contribution in [3.63, 3.8) is 0 Å². The number of aryl methyl sites for hydroxylation is 2. The smallest absolute Gasteiger partial charge is 0.167 e. The number of aliphatic imine (C=N–C) groups is 1. The predicted molar refractivity (Wildman–Crippen MR) is 118 cm³/mol. The molecule has 5 rings (SSSR count). The molecule has 4 heteroatoms. The van der Waals surface area contributed by atoms with Crippen molar-refractivity contribution < 1.29 is 4.79 Å². The van der Waals surface area contributed by atoms with E-state index >= 15 is 0 Å². The monoisotopic (exact) mass is 383 g/mol. The highest BCUT2D eigenvalue weighted by atomic mass is 16.1. The molecular formula is C25H25N3O. The summed E-state index contributed by atoms with van der Waals surface area (Å²) >= 11 is 0. The number of allylic oxidation sites excluding steroid dienone is 3. The lowest BCUT2D eigenvalue weighted by atomic mass is 9.91. The van der Waals surface area contributed by atoms with Gasteiger partial charge in [0.15, 0.2) is 5.78 Å². The summed E-state index contributed by atoms with van der Waals surface area (Å²) in [7, 11) is 0. The Labute approximate surface area is 171 Å². The maximum atomic E-state index is 12.8. The van der Waals surface area contributed by atoms with Crippen LogP contribution in [0.4, 0.5) is 5.69 Å². The van der Waals surface area contributed by atoms with Gasteiger partial charge >= 0.3 is 0 Å². The molecular weight excluding hydrogens is 358 g/mol. The molecule has 1 aromatic carbocycles. The van der Waals surface area contributed by atoms with Gasteiger partial charge in [-0.2, -0.15) is 0 Å². The van der Waals surface area contributed by atoms with E-state index in [2.05, 4.69) is 36.3 Å². The van der Waals surface area contributed by atoms with Crippen LogP contribution in [-0.2, 0) is 17.6 Å². The summed E-state index contributed by atoms with van der Waals surface area (Å²) in [4.78, 5) is 21.9. The van der Waals surface area contributed by atoms with Crippen LogP contribution in [0, 0.1) is 13.8 Å². The summed E-state index contributed by atoms with van der Waals surface area (Å²) in [5, 5.41) is 3.53. The molecule has 4 nitrogen and oxygen atoms in total. The van der Waals surface area contributed by atoms with Gasteiger partial charge in [0.25, 0.3) is 0 Å². The molecule has 0 saturated carbocycles. The van der Waals surface area contributed by atoms with Crippen molar-refractivity contribution in [3.8, 4) is 11.1 Å². The number of fused-ring (bicyclic) bond motifs is 2. The van der Waals surface area contributed by atoms with E-state index in [1.807, 2.05) is 25.4 Å². The Hall–Kier alpha value is -3.01. The molecule has 2 aromatic rings. The van der Waals surface area contributed by atoms with Gasteiger partial charge in [-0.3, -0.25) is 14.8 Å². The molecule has 0 radical (unpaired) electrons. The molecule has 1 aliphatic carbocycles. The maximum absolute atomic E-state index is 12.8. The number of ketones is 1. The number of nitrogens with one attached hydrogen (secondary N) is 1. The first-order valence-corrected chi connectivity index (χ1v) is 10.3. The summed E-state index contributed by atoms with van der Waals surface area (Å²) in [6, 6.07) is 4.38. The zero-order valence-corrected chi connectivity index (χ0v) is 17.2. The van der Waals surface area contributed by atoms with Crippen LogP contribution >= 0.6 is 0 Å². The molecule has 0 bridgehead atoms. The Morgan fingerprint density at radius 2 is 1.93 bits per heavy atom. The van der Waals surface area contributed by atoms with E-state index in [-0.39, 0.29) is 5.78 Å². The number of nitrogens with zero attached hydrogens (tertiary/aromatic N) is 2. The Balaban J connectivity index is 1.61. The minimum absolute atomic E-state index is 0.198. The average Bonchev–Trinajstić information content (AvgIpc) is 3.25. The van der Waals surface area contributed by atoms with E-state index in [9.17, 15) is 4.79 Å². The lowest BCUT2D eigenvalue weighted by Crippen LogP contribution is -2.15. The summed E-state index contributed by atoms with van der Waals surface area (Å²) in [6.07, 6.45) is 9.39. The third-order valence-electron chi connectivity index (χ3n) is 6.23. The van der Waals surface area contributed by atoms with Gasteiger partial charge in [0.2, 0.25) is 0 Å². The molecule has 1 aromatic heterocycles. The summed E-state index contributed by atoms with van der Waals surface area (Å²) in [6.45, 7) is 7.32. The van der Waals surface area contributed by atoms with Crippen LogP contribution in [0.15, 0.2) is 41.2 Å². The molecule has 0 unspecified atom stereocenters. The number of aromatic nitrogens is 1. The van der Waals surface area contributed by atoms with Gasteiger partial charge in [-0.15, -0.1) is 0 Å². The van der Waals surface area contributed by atoms with E-state index in [1.54, 1.807) is 0 Å². The maximum Gasteiger partial charge on any atom is 0.167 e. The van der Waals surface area contributed by atoms with Crippen molar-refractivity contribution in [1.29, 1.82) is 0 Å². The van der Waals surface area contributed by atoms with E-state index in [0.29, 0.717) is 6.42 Å². The Bertz CT molecular complexity index is 1150. The fourth-order valence-corrected chi connectivity index (χ4v) is 4.70. The zero-order chi connectivity index (χ0) is 20.1. The average molecular weight is 383 g/mol. The number of benzene rings is 1. The number of pyridine rings is 1. The van der Waals surface area contributed by atoms with E-state index < -0.39 is 0 Å². The second-order valence-corrected chi connectivity index (χ2v) is 8.38. The number of hydrogen-bond acceptors (Lipinski definition) is 4. The Kier molecular flexibility index (Phi) is 4.23. The van der Waals surface area contributed by atoms with Gasteiger partial charge in [0.05, 0.1) is 11.4 Å². The van der Waals surface area contributed by atoms with Crippen molar-refractivity contribution in [2.24, 2.45) is 4.99 Å². The first-order valence-electron chi connectivity index (χ1n) is 10.3. The Morgan fingerprint density at radius 3 is 2.72 bits per heavy atom. The van der Waals surface area contributed by atoms with Crippen LogP contribution in [0.2, 0.25) is 0 Å². The molecule has 0 atom stereocenters. The van der Waals surface area contributed by atoms with Gasteiger partial charge in [-0.1, -0.05) is 6.07 Å². The highest BCUT2D eigenvalue weighted by Gasteiger charge is 2.27. The van der Waals surface area contributed by atoms with Gasteiger partial charge in [0, 0.05) is 48.6 Å². The largest absolute Gasteiger partial charge is 0.383 e. The van der Waals surface area contributed by atoms with Crippen LogP contribution in [-0.4, -0.2) is 23.0 Å². The third-order valence-corrected chi connectivity index (χ3v) is 6.23. The number of carbonyl (C=O) groups is 1. The van der Waals surface area contributed by atoms with Crippen LogP contribution in [0.5, 0.6) is 0 Å². The van der Waals surface area contributed by atoms with Crippen molar-refractivity contribution in [1.82, 2.24) is 4.98 Å². The molecule has 0 fully saturated rings. The molecule has 0 spiro atoms. The SMILES string of the molecule is CC1=NC=C(/C=C2\C(=O)Cc3cc(C)c(-c4cnc5c(c4C)NCCC5)cc32)C1. The molecule has 2 aliphatic heterocycles. The molecule has 0 amide bonds. The number of hydrogen-bond donors (Lipinski definition) is 1. The lowest BCUT2D eigenvalue weighted by Gasteiger charge is -2.22. The predicted octanol–water partition coefficient (Wildman–Crippen LogP) is 4.98. The summed E-state index contributed by atoms with van der Waals surface area (Å²) in [5.74, 6) is 0.198. The molecule has 1 N–H and O–H groups in total. The first-order chi connectivity index (χ1) is 14.0. The van der Waals surface area contributed by atoms with Crippen LogP contribution < -0.4 is 5.32 Å². The van der Waals surface area contributed by atoms with Gasteiger partial charge in [-0.25, -0.2) is 0 Å². The van der Waals surface area contributed by atoms with Crippen molar-refractivity contribution in [3.05, 3.63) is 64.1 Å². The van der Waals surface area contributed by atoms with Gasteiger partial charge in [0.1, 0.15) is 0 Å². The van der Waals surface area contributed by atoms with E-state index in [1.165, 1.54) is 16.8 Å². The number of carbonyl (C=O) groups excluding carboxylic acids is 1. The highest BCUT2D eigenvalue weighted by Crippen LogP contribution is 2.39. The fraction of sp³-hybridized carbons (Fsp3) is 0.320. The number of anilines is 1.